The van der Waals surface area contributed by atoms with Crippen LogP contribution in [0.1, 0.15) is 56.7 Å². The zero-order valence-electron chi connectivity index (χ0n) is 33.9. The van der Waals surface area contributed by atoms with Crippen LogP contribution in [0.3, 0.4) is 0 Å². The molecule has 58 heavy (non-hydrogen) atoms. The van der Waals surface area contributed by atoms with Crippen LogP contribution < -0.4 is 4.52 Å². The lowest BCUT2D eigenvalue weighted by Crippen LogP contribution is -2.51. The number of aliphatic carboxylic acids is 2. The largest absolute Gasteiger partial charge is 0.527 e. The summed E-state index contributed by atoms with van der Waals surface area (Å²) < 4.78 is 23.9. The summed E-state index contributed by atoms with van der Waals surface area (Å²) in [5.41, 5.74) is 7.64. The van der Waals surface area contributed by atoms with E-state index in [2.05, 4.69) is 31.0 Å². The van der Waals surface area contributed by atoms with Gasteiger partial charge in [-0.25, -0.2) is 9.36 Å². The molecule has 4 N–H and O–H groups in total. The lowest BCUT2D eigenvalue weighted by atomic mass is 9.90. The number of hydrogen-bond acceptors (Lipinski definition) is 12. The van der Waals surface area contributed by atoms with Crippen LogP contribution in [0.5, 0.6) is 5.75 Å². The van der Waals surface area contributed by atoms with Crippen molar-refractivity contribution in [2.45, 2.75) is 60.0 Å². The molecule has 2 heterocycles. The summed E-state index contributed by atoms with van der Waals surface area (Å²) in [6.07, 6.45) is 2.36. The topological polar surface area (TPSA) is 211 Å². The van der Waals surface area contributed by atoms with E-state index in [4.69, 9.17) is 9.05 Å². The number of rotatable bonds is 17. The Morgan fingerprint density at radius 2 is 1.45 bits per heavy atom. The van der Waals surface area contributed by atoms with Gasteiger partial charge in [-0.3, -0.25) is 43.6 Å². The number of carbonyl (C=O) groups is 4. The first-order chi connectivity index (χ1) is 27.5. The van der Waals surface area contributed by atoms with E-state index in [9.17, 15) is 44.0 Å². The van der Waals surface area contributed by atoms with Crippen molar-refractivity contribution < 1.29 is 53.0 Å². The molecular formula is C41H56N5O11P. The molecule has 0 spiro atoms. The number of aldehydes is 1. The molecule has 1 unspecified atom stereocenters. The van der Waals surface area contributed by atoms with Crippen molar-refractivity contribution in [2.75, 3.05) is 72.1 Å². The van der Waals surface area contributed by atoms with Crippen LogP contribution in [0, 0.1) is 34.6 Å². The van der Waals surface area contributed by atoms with Gasteiger partial charge in [0.2, 0.25) is 0 Å². The first-order valence-electron chi connectivity index (χ1n) is 19.3. The van der Waals surface area contributed by atoms with Gasteiger partial charge in [0.05, 0.1) is 31.0 Å². The number of benzene rings is 2. The van der Waals surface area contributed by atoms with Gasteiger partial charge in [0, 0.05) is 65.1 Å². The first kappa shape index (κ1) is 46.2. The van der Waals surface area contributed by atoms with E-state index in [1.807, 2.05) is 29.7 Å². The molecule has 17 heteroatoms. The Labute approximate surface area is 339 Å². The van der Waals surface area contributed by atoms with Crippen molar-refractivity contribution in [1.82, 2.24) is 24.6 Å². The third-order valence-electron chi connectivity index (χ3n) is 10.3. The Bertz CT molecular complexity index is 1960. The molecule has 1 aliphatic heterocycles. The van der Waals surface area contributed by atoms with Gasteiger partial charge >= 0.3 is 25.7 Å². The van der Waals surface area contributed by atoms with E-state index in [1.165, 1.54) is 18.3 Å². The summed E-state index contributed by atoms with van der Waals surface area (Å²) in [5, 5.41) is 29.5. The molecule has 0 radical (unpaired) electrons. The van der Waals surface area contributed by atoms with Crippen molar-refractivity contribution in [1.29, 1.82) is 0 Å². The number of phosphoric acid groups is 1. The number of aryl methyl sites for hydroxylation is 5. The van der Waals surface area contributed by atoms with Crippen LogP contribution in [-0.2, 0) is 30.0 Å². The fraction of sp³-hybridized carbons (Fsp3) is 0.488. The molecule has 16 nitrogen and oxygen atoms in total. The highest BCUT2D eigenvalue weighted by Gasteiger charge is 2.29. The highest BCUT2D eigenvalue weighted by molar-refractivity contribution is 7.47. The average Bonchev–Trinajstić information content (AvgIpc) is 3.13. The summed E-state index contributed by atoms with van der Waals surface area (Å²) >= 11 is 0. The number of nitrogens with zero attached hydrogens (tertiary/aromatic N) is 5. The third-order valence-corrected chi connectivity index (χ3v) is 11.2. The summed E-state index contributed by atoms with van der Waals surface area (Å²) in [6.45, 7) is 12.3. The number of carboxylic acids is 3. The number of aromatic carboxylic acids is 1. The number of carbonyl (C=O) groups excluding carboxylic acids is 1. The smallest absolute Gasteiger partial charge is 0.480 e. The van der Waals surface area contributed by atoms with Gasteiger partial charge in [-0.2, -0.15) is 0 Å². The van der Waals surface area contributed by atoms with E-state index in [0.29, 0.717) is 50.5 Å². The van der Waals surface area contributed by atoms with Crippen molar-refractivity contribution in [2.24, 2.45) is 0 Å². The van der Waals surface area contributed by atoms with Gasteiger partial charge in [-0.15, -0.1) is 0 Å². The highest BCUT2D eigenvalue weighted by atomic mass is 31.2. The predicted molar refractivity (Wildman–Crippen MR) is 217 cm³/mol. The van der Waals surface area contributed by atoms with Gasteiger partial charge in [0.15, 0.2) is 0 Å². The Morgan fingerprint density at radius 1 is 0.828 bits per heavy atom. The van der Waals surface area contributed by atoms with E-state index >= 15 is 0 Å². The molecule has 0 aliphatic carbocycles. The molecule has 2 aromatic carbocycles. The Hall–Kier alpha value is -4.54. The SMILES string of the molecule is Cc1cc(C)c(-c2cc(C)c(OP(=O)(O)OCCC[C@H](C(=O)O)N3CCN(CC=O)CCN(Cc4cc(C(=O)O)ccn4)CCN(CC(=O)O)CC3)cc2C)c(C)c1. The maximum atomic E-state index is 13.1. The quantitative estimate of drug-likeness (QED) is 0.0843. The molecule has 1 aliphatic rings. The molecular weight excluding hydrogens is 769 g/mol. The fourth-order valence-corrected chi connectivity index (χ4v) is 8.28. The number of phosphoric ester groups is 1. The Balaban J connectivity index is 1.42. The summed E-state index contributed by atoms with van der Waals surface area (Å²) in [7, 11) is -4.59. The number of carboxylic acid groups (broad SMARTS) is 3. The normalized spacial score (nSPS) is 17.1. The molecule has 1 saturated heterocycles. The van der Waals surface area contributed by atoms with E-state index in [-0.39, 0.29) is 63.5 Å². The minimum atomic E-state index is -4.59. The standard InChI is InChI=1S/C41H56N5O11P/c1-28-21-31(4)39(32(5)22-28)35-23-30(3)37(24-29(35)2)57-58(54,55)56-20-6-7-36(41(52)53)46-16-14-43(18-19-47)10-11-44(12-13-45(15-17-46)27-38(48)49)26-34-25-33(40(50)51)8-9-42-34/h8-9,19,21-25,36H,6-7,10-18,20,26-27H2,1-5H3,(H,48,49)(H,50,51)(H,52,53)(H,54,55)/t36-/m1/s1. The second-order valence-corrected chi connectivity index (χ2v) is 16.3. The lowest BCUT2D eigenvalue weighted by Gasteiger charge is -2.35. The van der Waals surface area contributed by atoms with Crippen LogP contribution in [-0.4, -0.2) is 147 Å². The lowest BCUT2D eigenvalue weighted by molar-refractivity contribution is -0.144. The first-order valence-corrected chi connectivity index (χ1v) is 20.8. The average molecular weight is 826 g/mol. The third kappa shape index (κ3) is 13.8. The van der Waals surface area contributed by atoms with Crippen molar-refractivity contribution in [3.8, 4) is 16.9 Å². The molecule has 4 rings (SSSR count). The monoisotopic (exact) mass is 825 g/mol. The van der Waals surface area contributed by atoms with E-state index < -0.39 is 31.8 Å². The van der Waals surface area contributed by atoms with Gasteiger partial charge in [0.1, 0.15) is 18.1 Å². The van der Waals surface area contributed by atoms with Crippen LogP contribution in [0.15, 0.2) is 42.6 Å². The number of hydrogen-bond donors (Lipinski definition) is 4. The Morgan fingerprint density at radius 3 is 2.07 bits per heavy atom. The van der Waals surface area contributed by atoms with Crippen LogP contribution >= 0.6 is 7.82 Å². The highest BCUT2D eigenvalue weighted by Crippen LogP contribution is 2.46. The summed E-state index contributed by atoms with van der Waals surface area (Å²) in [5.74, 6) is -3.03. The second kappa shape index (κ2) is 21.5. The van der Waals surface area contributed by atoms with Gasteiger partial charge in [-0.1, -0.05) is 17.7 Å². The minimum Gasteiger partial charge on any atom is -0.480 e. The predicted octanol–water partition coefficient (Wildman–Crippen LogP) is 4.42. The van der Waals surface area contributed by atoms with Crippen LogP contribution in [0.2, 0.25) is 0 Å². The van der Waals surface area contributed by atoms with E-state index in [0.717, 1.165) is 39.7 Å². The maximum Gasteiger partial charge on any atom is 0.527 e. The van der Waals surface area contributed by atoms with Gasteiger partial charge in [-0.05, 0) is 105 Å². The molecule has 0 amide bonds. The van der Waals surface area contributed by atoms with Crippen LogP contribution in [0.4, 0.5) is 0 Å². The van der Waals surface area contributed by atoms with Crippen molar-refractivity contribution in [3.63, 3.8) is 0 Å². The fourth-order valence-electron chi connectivity index (χ4n) is 7.42. The molecule has 0 bridgehead atoms. The number of pyridine rings is 1. The molecule has 1 fully saturated rings. The van der Waals surface area contributed by atoms with Crippen molar-refractivity contribution in [3.05, 3.63) is 81.7 Å². The van der Waals surface area contributed by atoms with Crippen LogP contribution in [0.25, 0.3) is 11.1 Å². The molecule has 3 aromatic rings. The molecule has 2 atom stereocenters. The van der Waals surface area contributed by atoms with E-state index in [1.54, 1.807) is 22.8 Å². The zero-order chi connectivity index (χ0) is 42.6. The zero-order valence-corrected chi connectivity index (χ0v) is 34.8. The molecule has 316 valence electrons. The summed E-state index contributed by atoms with van der Waals surface area (Å²) in [4.78, 5) is 70.0. The molecule has 0 saturated carbocycles. The Kier molecular flexibility index (Phi) is 17.1. The van der Waals surface area contributed by atoms with Gasteiger partial charge in [0.25, 0.3) is 0 Å². The second-order valence-electron chi connectivity index (χ2n) is 14.9. The van der Waals surface area contributed by atoms with Crippen molar-refractivity contribution >= 4 is 32.0 Å². The molecule has 1 aromatic heterocycles. The minimum absolute atomic E-state index is 0.0558. The summed E-state index contributed by atoms with van der Waals surface area (Å²) in [6, 6.07) is 9.73. The maximum absolute atomic E-state index is 13.1. The van der Waals surface area contributed by atoms with Gasteiger partial charge < -0.3 is 24.6 Å². The number of aromatic nitrogens is 1.